The van der Waals surface area contributed by atoms with E-state index in [1.165, 1.54) is 11.8 Å². The van der Waals surface area contributed by atoms with Crippen molar-refractivity contribution in [3.05, 3.63) is 54.4 Å². The fraction of sp³-hybridized carbons (Fsp3) is 0.333. The van der Waals surface area contributed by atoms with Crippen molar-refractivity contribution in [1.29, 1.82) is 0 Å². The minimum atomic E-state index is 0.146. The lowest BCUT2D eigenvalue weighted by Crippen LogP contribution is -2.16. The van der Waals surface area contributed by atoms with Gasteiger partial charge in [0.05, 0.1) is 38.2 Å². The van der Waals surface area contributed by atoms with Gasteiger partial charge in [-0.05, 0) is 49.2 Å². The van der Waals surface area contributed by atoms with E-state index < -0.39 is 0 Å². The number of ether oxygens (including phenoxy) is 3. The molecule has 9 nitrogen and oxygen atoms in total. The first-order valence-electron chi connectivity index (χ1n) is 11.0. The molecule has 1 unspecified atom stereocenters. The molecule has 2 aromatic heterocycles. The van der Waals surface area contributed by atoms with E-state index in [0.717, 1.165) is 47.3 Å². The Kier molecular flexibility index (Phi) is 6.77. The number of thioether (sulfide) groups is 1. The molecule has 10 heteroatoms. The summed E-state index contributed by atoms with van der Waals surface area (Å²) < 4.78 is 24.2. The summed E-state index contributed by atoms with van der Waals surface area (Å²) in [5.74, 6) is 3.75. The highest BCUT2D eigenvalue weighted by molar-refractivity contribution is 7.98. The molecule has 1 atom stereocenters. The Balaban J connectivity index is 1.37. The third kappa shape index (κ3) is 4.78. The largest absolute Gasteiger partial charge is 0.497 e. The molecule has 0 amide bonds. The quantitative estimate of drug-likeness (QED) is 0.322. The van der Waals surface area contributed by atoms with Crippen molar-refractivity contribution in [2.45, 2.75) is 36.4 Å². The van der Waals surface area contributed by atoms with Crippen LogP contribution in [0.15, 0.2) is 58.2 Å². The van der Waals surface area contributed by atoms with Gasteiger partial charge in [-0.25, -0.2) is 0 Å². The predicted octanol–water partition coefficient (Wildman–Crippen LogP) is 4.48. The van der Waals surface area contributed by atoms with Crippen molar-refractivity contribution >= 4 is 11.8 Å². The number of hydrogen-bond donors (Lipinski definition) is 0. The molecule has 176 valence electrons. The van der Waals surface area contributed by atoms with Gasteiger partial charge < -0.3 is 18.7 Å². The van der Waals surface area contributed by atoms with Crippen molar-refractivity contribution in [2.75, 3.05) is 20.8 Å². The first kappa shape index (κ1) is 22.4. The van der Waals surface area contributed by atoms with Gasteiger partial charge in [0.15, 0.2) is 11.0 Å². The van der Waals surface area contributed by atoms with Crippen molar-refractivity contribution < 1.29 is 18.7 Å². The number of hydrogen-bond acceptors (Lipinski definition) is 9. The van der Waals surface area contributed by atoms with Crippen LogP contribution in [-0.4, -0.2) is 51.8 Å². The van der Waals surface area contributed by atoms with Gasteiger partial charge in [0.1, 0.15) is 11.5 Å². The maximum absolute atomic E-state index is 5.89. The number of aromatic nitrogens is 5. The average molecular weight is 480 g/mol. The molecule has 34 heavy (non-hydrogen) atoms. The third-order valence-electron chi connectivity index (χ3n) is 5.62. The summed E-state index contributed by atoms with van der Waals surface area (Å²) >= 11 is 1.51. The normalized spacial score (nSPS) is 15.5. The first-order valence-corrected chi connectivity index (χ1v) is 12.0. The van der Waals surface area contributed by atoms with Crippen LogP contribution in [0.1, 0.15) is 18.7 Å². The molecular formula is C24H25N5O4S. The molecule has 0 saturated carbocycles. The Morgan fingerprint density at radius 3 is 2.68 bits per heavy atom. The van der Waals surface area contributed by atoms with Crippen LogP contribution in [0.25, 0.3) is 22.8 Å². The molecular weight excluding hydrogens is 454 g/mol. The van der Waals surface area contributed by atoms with Gasteiger partial charge in [-0.1, -0.05) is 29.1 Å². The zero-order valence-electron chi connectivity index (χ0n) is 19.0. The molecule has 1 aliphatic rings. The average Bonchev–Trinajstić information content (AvgIpc) is 3.65. The molecule has 1 aliphatic heterocycles. The standard InChI is InChI=1S/C24H25N5O4S/c1-30-17-11-9-16(10-12-17)23-26-27-24(29(23)14-18-6-5-13-32-18)34-15-21-25-22(28-33-21)19-7-3-4-8-20(19)31-2/h3-4,7-12,18H,5-6,13-15H2,1-2H3. The van der Waals surface area contributed by atoms with E-state index in [1.807, 2.05) is 48.5 Å². The lowest BCUT2D eigenvalue weighted by atomic mass is 10.2. The smallest absolute Gasteiger partial charge is 0.237 e. The summed E-state index contributed by atoms with van der Waals surface area (Å²) in [6, 6.07) is 15.4. The molecule has 4 aromatic rings. The molecule has 0 N–H and O–H groups in total. The van der Waals surface area contributed by atoms with Crippen molar-refractivity contribution in [3.63, 3.8) is 0 Å². The Hall–Kier alpha value is -3.37. The molecule has 2 aromatic carbocycles. The van der Waals surface area contributed by atoms with Gasteiger partial charge in [-0.15, -0.1) is 10.2 Å². The summed E-state index contributed by atoms with van der Waals surface area (Å²) in [7, 11) is 3.28. The molecule has 5 rings (SSSR count). The van der Waals surface area contributed by atoms with E-state index in [1.54, 1.807) is 14.2 Å². The molecule has 1 fully saturated rings. The number of benzene rings is 2. The highest BCUT2D eigenvalue weighted by Gasteiger charge is 2.22. The highest BCUT2D eigenvalue weighted by atomic mass is 32.2. The van der Waals surface area contributed by atoms with Gasteiger partial charge in [0.25, 0.3) is 0 Å². The zero-order chi connectivity index (χ0) is 23.3. The fourth-order valence-corrected chi connectivity index (χ4v) is 4.67. The molecule has 0 radical (unpaired) electrons. The van der Waals surface area contributed by atoms with E-state index in [9.17, 15) is 0 Å². The number of nitrogens with zero attached hydrogens (tertiary/aromatic N) is 5. The summed E-state index contributed by atoms with van der Waals surface area (Å²) in [4.78, 5) is 4.55. The van der Waals surface area contributed by atoms with E-state index >= 15 is 0 Å². The van der Waals surface area contributed by atoms with Gasteiger partial charge in [-0.3, -0.25) is 4.57 Å². The van der Waals surface area contributed by atoms with Gasteiger partial charge >= 0.3 is 0 Å². The van der Waals surface area contributed by atoms with Crippen LogP contribution in [0.4, 0.5) is 0 Å². The van der Waals surface area contributed by atoms with Crippen molar-refractivity contribution in [2.24, 2.45) is 0 Å². The third-order valence-corrected chi connectivity index (χ3v) is 6.57. The monoisotopic (exact) mass is 479 g/mol. The molecule has 0 spiro atoms. The maximum Gasteiger partial charge on any atom is 0.237 e. The van der Waals surface area contributed by atoms with Crippen LogP contribution in [0.2, 0.25) is 0 Å². The summed E-state index contributed by atoms with van der Waals surface area (Å²) in [5.41, 5.74) is 1.75. The SMILES string of the molecule is COc1ccc(-c2nnc(SCc3nc(-c4ccccc4OC)no3)n2CC2CCCO2)cc1. The van der Waals surface area contributed by atoms with Gasteiger partial charge in [0.2, 0.25) is 11.7 Å². The Bertz CT molecular complexity index is 1230. The minimum Gasteiger partial charge on any atom is -0.497 e. The van der Waals surface area contributed by atoms with Crippen molar-refractivity contribution in [1.82, 2.24) is 24.9 Å². The Morgan fingerprint density at radius 1 is 1.06 bits per heavy atom. The minimum absolute atomic E-state index is 0.146. The van der Waals surface area contributed by atoms with E-state index in [4.69, 9.17) is 18.7 Å². The van der Waals surface area contributed by atoms with Crippen LogP contribution in [0.5, 0.6) is 11.5 Å². The van der Waals surface area contributed by atoms with E-state index in [2.05, 4.69) is 24.9 Å². The van der Waals surface area contributed by atoms with E-state index in [-0.39, 0.29) is 6.10 Å². The van der Waals surface area contributed by atoms with Crippen LogP contribution in [0, 0.1) is 0 Å². The summed E-state index contributed by atoms with van der Waals surface area (Å²) in [6.45, 7) is 1.48. The fourth-order valence-electron chi connectivity index (χ4n) is 3.88. The number of para-hydroxylation sites is 1. The lowest BCUT2D eigenvalue weighted by molar-refractivity contribution is 0.0953. The topological polar surface area (TPSA) is 97.3 Å². The van der Waals surface area contributed by atoms with Crippen LogP contribution in [0.3, 0.4) is 0 Å². The second-order valence-electron chi connectivity index (χ2n) is 7.78. The van der Waals surface area contributed by atoms with Gasteiger partial charge in [0, 0.05) is 12.2 Å². The number of rotatable bonds is 9. The van der Waals surface area contributed by atoms with Crippen LogP contribution < -0.4 is 9.47 Å². The van der Waals surface area contributed by atoms with Crippen LogP contribution >= 0.6 is 11.8 Å². The zero-order valence-corrected chi connectivity index (χ0v) is 19.8. The summed E-state index contributed by atoms with van der Waals surface area (Å²) in [5, 5.41) is 13.9. The van der Waals surface area contributed by atoms with Crippen LogP contribution in [-0.2, 0) is 17.0 Å². The molecule has 0 bridgehead atoms. The summed E-state index contributed by atoms with van der Waals surface area (Å²) in [6.07, 6.45) is 2.24. The number of methoxy groups -OCH3 is 2. The molecule has 0 aliphatic carbocycles. The first-order chi connectivity index (χ1) is 16.7. The van der Waals surface area contributed by atoms with Crippen molar-refractivity contribution in [3.8, 4) is 34.3 Å². The second-order valence-corrected chi connectivity index (χ2v) is 8.72. The lowest BCUT2D eigenvalue weighted by Gasteiger charge is -2.14. The van der Waals surface area contributed by atoms with Gasteiger partial charge in [-0.2, -0.15) is 4.98 Å². The molecule has 1 saturated heterocycles. The second kappa shape index (κ2) is 10.3. The molecule has 3 heterocycles. The maximum atomic E-state index is 5.89. The van der Waals surface area contributed by atoms with E-state index in [0.29, 0.717) is 29.8 Å². The predicted molar refractivity (Wildman–Crippen MR) is 127 cm³/mol. The Labute approximate surface area is 201 Å². The Morgan fingerprint density at radius 2 is 1.91 bits per heavy atom. The highest BCUT2D eigenvalue weighted by Crippen LogP contribution is 2.31.